The van der Waals surface area contributed by atoms with Crippen molar-refractivity contribution in [1.82, 2.24) is 0 Å². The Morgan fingerprint density at radius 3 is 2.60 bits per heavy atom. The van der Waals surface area contributed by atoms with Gasteiger partial charge in [0.1, 0.15) is 11.5 Å². The summed E-state index contributed by atoms with van der Waals surface area (Å²) in [5.41, 5.74) is 5.91. The van der Waals surface area contributed by atoms with E-state index >= 15 is 0 Å². The van der Waals surface area contributed by atoms with Crippen molar-refractivity contribution in [1.29, 1.82) is 0 Å². The normalized spacial score (nSPS) is 16.9. The van der Waals surface area contributed by atoms with Crippen molar-refractivity contribution in [3.05, 3.63) is 22.2 Å². The van der Waals surface area contributed by atoms with Gasteiger partial charge in [-0.3, -0.25) is 0 Å². The van der Waals surface area contributed by atoms with Gasteiger partial charge in [0.2, 0.25) is 0 Å². The fraction of sp³-hybridized carbons (Fsp3) is 0.400. The summed E-state index contributed by atoms with van der Waals surface area (Å²) in [6, 6.07) is 2.77. The van der Waals surface area contributed by atoms with Gasteiger partial charge in [0, 0.05) is 0 Å². The molecule has 0 radical (unpaired) electrons. The third kappa shape index (κ3) is 3.55. The third-order valence-corrected chi connectivity index (χ3v) is 2.37. The average molecular weight is 303 g/mol. The van der Waals surface area contributed by atoms with Crippen LogP contribution >= 0.6 is 28.3 Å². The molecule has 0 aromatic heterocycles. The minimum absolute atomic E-state index is 0. The van der Waals surface area contributed by atoms with E-state index in [1.165, 1.54) is 12.1 Å². The molecule has 2 N–H and O–H groups in total. The summed E-state index contributed by atoms with van der Waals surface area (Å²) in [6.07, 6.45) is 0.329. The summed E-state index contributed by atoms with van der Waals surface area (Å²) >= 11 is 3.12. The van der Waals surface area contributed by atoms with Crippen LogP contribution in [0.1, 0.15) is 13.8 Å². The van der Waals surface area contributed by atoms with Crippen LogP contribution in [0.5, 0.6) is 11.5 Å². The van der Waals surface area contributed by atoms with Crippen LogP contribution in [-0.4, -0.2) is 20.6 Å². The molecule has 0 saturated carbocycles. The average Bonchev–Trinajstić information content (AvgIpc) is 2.20. The first kappa shape index (κ1) is 6.99. The maximum atomic E-state index is 7.11. The lowest BCUT2D eigenvalue weighted by molar-refractivity contribution is 0.397. The van der Waals surface area contributed by atoms with E-state index in [2.05, 4.69) is 15.9 Å². The molecule has 0 heterocycles. The molecule has 0 unspecified atom stereocenters. The van der Waals surface area contributed by atoms with Gasteiger partial charge in [-0.2, -0.15) is 0 Å². The molecule has 5 heteroatoms. The molecular formula is C10H15BrClNO2. The van der Waals surface area contributed by atoms with Gasteiger partial charge in [0.15, 0.2) is 0 Å². The molecular weight excluding hydrogens is 281 g/mol. The number of benzene rings is 1. The van der Waals surface area contributed by atoms with Crippen molar-refractivity contribution in [2.45, 2.75) is 6.42 Å². The Labute approximate surface area is 113 Å². The summed E-state index contributed by atoms with van der Waals surface area (Å²) in [5, 5.41) is 0. The molecule has 0 amide bonds. The van der Waals surface area contributed by atoms with Gasteiger partial charge in [-0.05, 0) is 46.6 Å². The lowest BCUT2D eigenvalue weighted by Crippen LogP contribution is -2.04. The molecule has 15 heavy (non-hydrogen) atoms. The zero-order valence-corrected chi connectivity index (χ0v) is 10.2. The first-order valence-electron chi connectivity index (χ1n) is 6.92. The predicted octanol–water partition coefficient (Wildman–Crippen LogP) is 2.39. The minimum Gasteiger partial charge on any atom is -0.496 e. The fourth-order valence-electron chi connectivity index (χ4n) is 1.10. The van der Waals surface area contributed by atoms with Crippen LogP contribution in [0.25, 0.3) is 0 Å². The second-order valence-electron chi connectivity index (χ2n) is 2.63. The van der Waals surface area contributed by atoms with E-state index in [0.717, 1.165) is 0 Å². The Hall–Kier alpha value is -0.450. The van der Waals surface area contributed by atoms with Gasteiger partial charge in [0.25, 0.3) is 0 Å². The van der Waals surface area contributed by atoms with Crippen LogP contribution in [-0.2, 0) is 6.42 Å². The van der Waals surface area contributed by atoms with Gasteiger partial charge in [0.05, 0.1) is 26.8 Å². The molecule has 1 aromatic carbocycles. The predicted molar refractivity (Wildman–Crippen MR) is 67.3 cm³/mol. The van der Waals surface area contributed by atoms with E-state index in [1.807, 2.05) is 0 Å². The quantitative estimate of drug-likeness (QED) is 0.929. The minimum atomic E-state index is -2.60. The Morgan fingerprint density at radius 1 is 1.33 bits per heavy atom. The summed E-state index contributed by atoms with van der Waals surface area (Å²) in [7, 11) is -5.20. The molecule has 3 nitrogen and oxygen atoms in total. The maximum Gasteiger partial charge on any atom is 0.133 e. The molecule has 0 bridgehead atoms. The van der Waals surface area contributed by atoms with Gasteiger partial charge < -0.3 is 15.2 Å². The number of hydrogen-bond acceptors (Lipinski definition) is 3. The van der Waals surface area contributed by atoms with E-state index in [0.29, 0.717) is 12.0 Å². The number of nitrogens with two attached hydrogens (primary N) is 1. The molecule has 86 valence electrons. The topological polar surface area (TPSA) is 44.5 Å². The molecule has 0 atom stereocenters. The number of halogens is 2. The van der Waals surface area contributed by atoms with Crippen LogP contribution in [0.2, 0.25) is 0 Å². The van der Waals surface area contributed by atoms with E-state index in [4.69, 9.17) is 23.4 Å². The molecule has 1 aromatic rings. The molecule has 0 aliphatic rings. The van der Waals surface area contributed by atoms with Crippen molar-refractivity contribution < 1.29 is 17.7 Å². The highest BCUT2D eigenvalue weighted by Crippen LogP contribution is 2.32. The molecule has 0 aliphatic carbocycles. The van der Waals surface area contributed by atoms with Crippen molar-refractivity contribution in [2.24, 2.45) is 5.73 Å². The molecule has 0 fully saturated rings. The summed E-state index contributed by atoms with van der Waals surface area (Å²) in [6.45, 7) is 0.256. The van der Waals surface area contributed by atoms with Crippen LogP contribution < -0.4 is 15.2 Å². The molecule has 0 spiro atoms. The summed E-state index contributed by atoms with van der Waals surface area (Å²) in [5.74, 6) is 0.187. The van der Waals surface area contributed by atoms with Crippen molar-refractivity contribution in [3.8, 4) is 11.5 Å². The van der Waals surface area contributed by atoms with Crippen LogP contribution in [0.3, 0.4) is 0 Å². The van der Waals surface area contributed by atoms with E-state index < -0.39 is 14.1 Å². The second-order valence-corrected chi connectivity index (χ2v) is 3.49. The highest BCUT2D eigenvalue weighted by molar-refractivity contribution is 9.10. The Morgan fingerprint density at radius 2 is 2.00 bits per heavy atom. The van der Waals surface area contributed by atoms with Crippen molar-refractivity contribution >= 4 is 28.3 Å². The van der Waals surface area contributed by atoms with Crippen LogP contribution in [0, 0.1) is 0 Å². The number of ether oxygens (including phenoxy) is 2. The zero-order chi connectivity index (χ0) is 15.6. The summed E-state index contributed by atoms with van der Waals surface area (Å²) in [4.78, 5) is 0. The van der Waals surface area contributed by atoms with E-state index in [9.17, 15) is 0 Å². The Bertz CT molecular complexity index is 480. The van der Waals surface area contributed by atoms with Crippen molar-refractivity contribution in [2.75, 3.05) is 20.6 Å². The lowest BCUT2D eigenvalue weighted by Gasteiger charge is -2.11. The van der Waals surface area contributed by atoms with Gasteiger partial charge >= 0.3 is 0 Å². The number of rotatable bonds is 4. The standard InChI is InChI=1S/C10H14BrNO2.ClH/c1-13-9-6-8(11)10(14-2)5-7(9)3-4-12;/h5-6H,3-4,12H2,1-2H3;1H/i1D3,2D3;. The molecule has 0 saturated heterocycles. The van der Waals surface area contributed by atoms with Gasteiger partial charge in [-0.15, -0.1) is 12.4 Å². The first-order valence-corrected chi connectivity index (χ1v) is 4.71. The largest absolute Gasteiger partial charge is 0.496 e. The number of methoxy groups -OCH3 is 2. The molecule has 0 aliphatic heterocycles. The summed E-state index contributed by atoms with van der Waals surface area (Å²) < 4.78 is 52.5. The van der Waals surface area contributed by atoms with Crippen LogP contribution in [0.4, 0.5) is 0 Å². The maximum absolute atomic E-state index is 7.11. The Balaban J connectivity index is 0.00000400. The highest BCUT2D eigenvalue weighted by atomic mass is 79.9. The fourth-order valence-corrected chi connectivity index (χ4v) is 1.50. The lowest BCUT2D eigenvalue weighted by atomic mass is 10.1. The van der Waals surface area contributed by atoms with E-state index in [-0.39, 0.29) is 34.9 Å². The molecule has 1 rings (SSSR count). The monoisotopic (exact) mass is 301 g/mol. The van der Waals surface area contributed by atoms with E-state index in [1.54, 1.807) is 0 Å². The smallest absolute Gasteiger partial charge is 0.133 e. The van der Waals surface area contributed by atoms with Gasteiger partial charge in [-0.1, -0.05) is 0 Å². The Kier molecular flexibility index (Phi) is 3.23. The second kappa shape index (κ2) is 6.93. The van der Waals surface area contributed by atoms with Crippen molar-refractivity contribution in [3.63, 3.8) is 0 Å². The number of hydrogen-bond donors (Lipinski definition) is 1. The zero-order valence-electron chi connectivity index (χ0n) is 13.7. The van der Waals surface area contributed by atoms with Crippen LogP contribution in [0.15, 0.2) is 16.6 Å². The highest BCUT2D eigenvalue weighted by Gasteiger charge is 2.08. The SMILES string of the molecule is Cl.[2H]C([2H])([2H])Oc1cc(CCN)c(OC([2H])([2H])[2H])cc1Br. The first-order chi connectivity index (χ1) is 9.02. The third-order valence-electron chi connectivity index (χ3n) is 1.75. The van der Waals surface area contributed by atoms with Gasteiger partial charge in [-0.25, -0.2) is 0 Å².